The number of rotatable bonds is 4. The lowest BCUT2D eigenvalue weighted by atomic mass is 9.79. The Balaban J connectivity index is 1.57. The molecule has 4 rings (SSSR count). The van der Waals surface area contributed by atoms with Gasteiger partial charge in [-0.25, -0.2) is 9.18 Å². The maximum Gasteiger partial charge on any atom is 0.410 e. The maximum atomic E-state index is 15.9. The van der Waals surface area contributed by atoms with Gasteiger partial charge in [-0.3, -0.25) is 9.59 Å². The number of likely N-dealkylation sites (tertiary alicyclic amines) is 1. The molecule has 0 bridgehead atoms. The highest BCUT2D eigenvalue weighted by Crippen LogP contribution is 2.50. The Morgan fingerprint density at radius 1 is 1.21 bits per heavy atom. The minimum Gasteiger partial charge on any atom is -0.483 e. The molecular formula is C26H34FNO6. The molecule has 8 heteroatoms. The molecule has 1 aromatic rings. The molecule has 2 fully saturated rings. The van der Waals surface area contributed by atoms with Crippen LogP contribution in [0.2, 0.25) is 0 Å². The Labute approximate surface area is 199 Å². The molecule has 1 spiro atoms. The van der Waals surface area contributed by atoms with E-state index in [-0.39, 0.29) is 41.3 Å². The molecular weight excluding hydrogens is 441 g/mol. The van der Waals surface area contributed by atoms with Crippen LogP contribution >= 0.6 is 0 Å². The number of benzene rings is 1. The van der Waals surface area contributed by atoms with Crippen molar-refractivity contribution in [2.24, 2.45) is 11.8 Å². The van der Waals surface area contributed by atoms with E-state index < -0.39 is 29.0 Å². The van der Waals surface area contributed by atoms with Gasteiger partial charge in [-0.1, -0.05) is 13.0 Å². The first-order valence-corrected chi connectivity index (χ1v) is 12.0. The average molecular weight is 476 g/mol. The Kier molecular flexibility index (Phi) is 6.38. The van der Waals surface area contributed by atoms with Crippen LogP contribution in [-0.2, 0) is 14.3 Å². The first-order valence-electron chi connectivity index (χ1n) is 12.0. The third-order valence-corrected chi connectivity index (χ3v) is 7.16. The lowest BCUT2D eigenvalue weighted by Gasteiger charge is -2.44. The molecule has 1 saturated carbocycles. The summed E-state index contributed by atoms with van der Waals surface area (Å²) in [5.41, 5.74) is -0.816. The van der Waals surface area contributed by atoms with Crippen molar-refractivity contribution in [2.45, 2.75) is 76.9 Å². The number of carbonyl (C=O) groups is 3. The number of nitrogens with zero attached hydrogens (tertiary/aromatic N) is 1. The molecule has 1 amide bonds. The number of piperidine rings is 1. The number of amides is 1. The van der Waals surface area contributed by atoms with E-state index in [0.717, 1.165) is 12.8 Å². The van der Waals surface area contributed by atoms with Gasteiger partial charge < -0.3 is 19.1 Å². The fraction of sp³-hybridized carbons (Fsp3) is 0.654. The molecule has 1 aromatic carbocycles. The van der Waals surface area contributed by atoms with Crippen molar-refractivity contribution in [2.75, 3.05) is 20.2 Å². The fourth-order valence-corrected chi connectivity index (χ4v) is 5.21. The summed E-state index contributed by atoms with van der Waals surface area (Å²) in [6.45, 7) is 7.92. The highest BCUT2D eigenvalue weighted by atomic mass is 19.1. The molecule has 2 heterocycles. The Morgan fingerprint density at radius 3 is 2.41 bits per heavy atom. The van der Waals surface area contributed by atoms with Crippen LogP contribution in [0.5, 0.6) is 5.75 Å². The summed E-state index contributed by atoms with van der Waals surface area (Å²) in [5, 5.41) is 0. The van der Waals surface area contributed by atoms with Crippen molar-refractivity contribution in [1.29, 1.82) is 0 Å². The second-order valence-corrected chi connectivity index (χ2v) is 10.9. The SMILES string of the molecule is COC(=O)[C@@H](C)[C@H](c1ccc2c(c1F)OC1(CCN(C(=O)OC(C)(C)C)CC1)CC2=O)C1CC1. The Bertz CT molecular complexity index is 988. The van der Waals surface area contributed by atoms with Crippen LogP contribution in [0.25, 0.3) is 0 Å². The van der Waals surface area contributed by atoms with Crippen molar-refractivity contribution in [3.8, 4) is 5.75 Å². The van der Waals surface area contributed by atoms with Crippen LogP contribution < -0.4 is 4.74 Å². The molecule has 2 atom stereocenters. The van der Waals surface area contributed by atoms with E-state index in [1.165, 1.54) is 7.11 Å². The zero-order chi connectivity index (χ0) is 24.8. The summed E-state index contributed by atoms with van der Waals surface area (Å²) in [4.78, 5) is 39.3. The van der Waals surface area contributed by atoms with Crippen LogP contribution in [0, 0.1) is 17.7 Å². The van der Waals surface area contributed by atoms with Gasteiger partial charge in [0.15, 0.2) is 17.3 Å². The third kappa shape index (κ3) is 4.77. The molecule has 0 aromatic heterocycles. The third-order valence-electron chi connectivity index (χ3n) is 7.16. The topological polar surface area (TPSA) is 82.1 Å². The molecule has 34 heavy (non-hydrogen) atoms. The lowest BCUT2D eigenvalue weighted by molar-refractivity contribution is -0.145. The minimum absolute atomic E-state index is 0.0258. The van der Waals surface area contributed by atoms with Gasteiger partial charge in [0, 0.05) is 31.8 Å². The molecule has 0 unspecified atom stereocenters. The van der Waals surface area contributed by atoms with Gasteiger partial charge in [-0.15, -0.1) is 0 Å². The van der Waals surface area contributed by atoms with Crippen molar-refractivity contribution in [3.63, 3.8) is 0 Å². The van der Waals surface area contributed by atoms with Crippen LogP contribution in [0.4, 0.5) is 9.18 Å². The van der Waals surface area contributed by atoms with Gasteiger partial charge in [-0.2, -0.15) is 0 Å². The standard InChI is InChI=1S/C26H34FNO6/c1-15(23(30)32-5)20(16-6-7-16)18-9-8-17-19(29)14-26(33-22(17)21(18)27)10-12-28(13-11-26)24(31)34-25(2,3)4/h8-9,15-16,20H,6-7,10-14H2,1-5H3/t15-,20-/m0/s1. The molecule has 0 N–H and O–H groups in total. The number of esters is 1. The summed E-state index contributed by atoms with van der Waals surface area (Å²) >= 11 is 0. The smallest absolute Gasteiger partial charge is 0.410 e. The van der Waals surface area contributed by atoms with E-state index in [9.17, 15) is 14.4 Å². The van der Waals surface area contributed by atoms with E-state index in [1.54, 1.807) is 24.0 Å². The van der Waals surface area contributed by atoms with Gasteiger partial charge in [0.25, 0.3) is 0 Å². The van der Waals surface area contributed by atoms with E-state index in [1.807, 2.05) is 20.8 Å². The van der Waals surface area contributed by atoms with Crippen LogP contribution in [-0.4, -0.2) is 54.1 Å². The summed E-state index contributed by atoms with van der Waals surface area (Å²) in [6, 6.07) is 3.25. The first-order chi connectivity index (χ1) is 15.9. The van der Waals surface area contributed by atoms with E-state index >= 15 is 4.39 Å². The largest absolute Gasteiger partial charge is 0.483 e. The number of halogens is 1. The van der Waals surface area contributed by atoms with Crippen molar-refractivity contribution >= 4 is 17.8 Å². The van der Waals surface area contributed by atoms with Gasteiger partial charge in [0.05, 0.1) is 25.0 Å². The zero-order valence-electron chi connectivity index (χ0n) is 20.6. The average Bonchev–Trinajstić information content (AvgIpc) is 3.59. The van der Waals surface area contributed by atoms with Crippen LogP contribution in [0.1, 0.15) is 81.6 Å². The van der Waals surface area contributed by atoms with E-state index in [0.29, 0.717) is 31.5 Å². The molecule has 3 aliphatic rings. The Morgan fingerprint density at radius 2 is 1.85 bits per heavy atom. The molecule has 186 valence electrons. The number of fused-ring (bicyclic) bond motifs is 1. The van der Waals surface area contributed by atoms with Gasteiger partial charge in [0.2, 0.25) is 0 Å². The number of carbonyl (C=O) groups excluding carboxylic acids is 3. The summed E-state index contributed by atoms with van der Waals surface area (Å²) in [5.74, 6) is -1.77. The first kappa shape index (κ1) is 24.5. The van der Waals surface area contributed by atoms with Crippen molar-refractivity contribution in [1.82, 2.24) is 4.90 Å². The summed E-state index contributed by atoms with van der Waals surface area (Å²) in [7, 11) is 1.33. The number of hydrogen-bond acceptors (Lipinski definition) is 6. The molecule has 2 aliphatic heterocycles. The van der Waals surface area contributed by atoms with Crippen molar-refractivity contribution in [3.05, 3.63) is 29.1 Å². The van der Waals surface area contributed by atoms with Gasteiger partial charge >= 0.3 is 12.1 Å². The second-order valence-electron chi connectivity index (χ2n) is 10.9. The molecule has 1 saturated heterocycles. The summed E-state index contributed by atoms with van der Waals surface area (Å²) in [6.07, 6.45) is 2.41. The number of Topliss-reactive ketones (excluding diaryl/α,β-unsaturated/α-hetero) is 1. The van der Waals surface area contributed by atoms with E-state index in [2.05, 4.69) is 0 Å². The number of hydrogen-bond donors (Lipinski definition) is 0. The van der Waals surface area contributed by atoms with Crippen LogP contribution in [0.15, 0.2) is 12.1 Å². The molecule has 0 radical (unpaired) electrons. The van der Waals surface area contributed by atoms with Gasteiger partial charge in [-0.05, 0) is 51.2 Å². The predicted octanol–water partition coefficient (Wildman–Crippen LogP) is 4.86. The highest BCUT2D eigenvalue weighted by molar-refractivity contribution is 6.00. The monoisotopic (exact) mass is 475 g/mol. The van der Waals surface area contributed by atoms with Gasteiger partial charge in [0.1, 0.15) is 11.2 Å². The highest BCUT2D eigenvalue weighted by Gasteiger charge is 2.47. The fourth-order valence-electron chi connectivity index (χ4n) is 5.21. The lowest BCUT2D eigenvalue weighted by Crippen LogP contribution is -2.53. The second kappa shape index (κ2) is 8.86. The number of ketones is 1. The normalized spacial score (nSPS) is 21.4. The molecule has 7 nitrogen and oxygen atoms in total. The maximum absolute atomic E-state index is 15.9. The predicted molar refractivity (Wildman–Crippen MR) is 122 cm³/mol. The number of methoxy groups -OCH3 is 1. The van der Waals surface area contributed by atoms with Crippen molar-refractivity contribution < 1.29 is 33.0 Å². The quantitative estimate of drug-likeness (QED) is 0.579. The summed E-state index contributed by atoms with van der Waals surface area (Å²) < 4.78 is 32.5. The number of ether oxygens (including phenoxy) is 3. The minimum atomic E-state index is -0.856. The molecule has 1 aliphatic carbocycles. The zero-order valence-corrected chi connectivity index (χ0v) is 20.6. The van der Waals surface area contributed by atoms with Crippen LogP contribution in [0.3, 0.4) is 0 Å². The Hall–Kier alpha value is -2.64. The van der Waals surface area contributed by atoms with E-state index in [4.69, 9.17) is 14.2 Å².